The van der Waals surface area contributed by atoms with Crippen LogP contribution in [0.3, 0.4) is 0 Å². The lowest BCUT2D eigenvalue weighted by Crippen LogP contribution is -2.35. The molecule has 5 heteroatoms. The van der Waals surface area contributed by atoms with Crippen molar-refractivity contribution in [2.45, 2.75) is 26.3 Å². The molecule has 2 amide bonds. The van der Waals surface area contributed by atoms with Crippen LogP contribution < -0.4 is 15.4 Å². The van der Waals surface area contributed by atoms with Crippen molar-refractivity contribution in [1.29, 1.82) is 0 Å². The minimum atomic E-state index is -0.268. The Morgan fingerprint density at radius 2 is 2.00 bits per heavy atom. The SMILES string of the molecule is CC[C@@H](C)NC(=O)Nc1cccnc1Oc1ccccc1. The number of amides is 2. The number of hydrogen-bond acceptors (Lipinski definition) is 3. The van der Waals surface area contributed by atoms with Crippen LogP contribution in [0.25, 0.3) is 0 Å². The first-order valence-electron chi connectivity index (χ1n) is 6.94. The lowest BCUT2D eigenvalue weighted by molar-refractivity contribution is 0.249. The molecule has 0 unspecified atom stereocenters. The first kappa shape index (κ1) is 14.8. The van der Waals surface area contributed by atoms with Gasteiger partial charge in [-0.2, -0.15) is 0 Å². The molecule has 0 fully saturated rings. The molecule has 2 N–H and O–H groups in total. The highest BCUT2D eigenvalue weighted by Gasteiger charge is 2.10. The van der Waals surface area contributed by atoms with Gasteiger partial charge in [-0.15, -0.1) is 0 Å². The molecule has 1 heterocycles. The topological polar surface area (TPSA) is 63.2 Å². The van der Waals surface area contributed by atoms with Gasteiger partial charge in [-0.3, -0.25) is 0 Å². The number of pyridine rings is 1. The van der Waals surface area contributed by atoms with Gasteiger partial charge in [-0.25, -0.2) is 9.78 Å². The highest BCUT2D eigenvalue weighted by Crippen LogP contribution is 2.26. The summed E-state index contributed by atoms with van der Waals surface area (Å²) in [5.41, 5.74) is 0.530. The Morgan fingerprint density at radius 3 is 2.71 bits per heavy atom. The quantitative estimate of drug-likeness (QED) is 0.878. The minimum absolute atomic E-state index is 0.111. The maximum absolute atomic E-state index is 11.9. The Kier molecular flexibility index (Phi) is 5.15. The van der Waals surface area contributed by atoms with Gasteiger partial charge < -0.3 is 15.4 Å². The number of para-hydroxylation sites is 1. The van der Waals surface area contributed by atoms with Crippen molar-refractivity contribution >= 4 is 11.7 Å². The number of nitrogens with one attached hydrogen (secondary N) is 2. The maximum atomic E-state index is 11.9. The molecule has 0 aliphatic heterocycles. The second-order valence-corrected chi connectivity index (χ2v) is 4.68. The molecular weight excluding hydrogens is 266 g/mol. The van der Waals surface area contributed by atoms with E-state index in [1.54, 1.807) is 18.3 Å². The molecule has 110 valence electrons. The van der Waals surface area contributed by atoms with Crippen molar-refractivity contribution in [3.63, 3.8) is 0 Å². The van der Waals surface area contributed by atoms with Crippen molar-refractivity contribution in [3.05, 3.63) is 48.7 Å². The van der Waals surface area contributed by atoms with Crippen LogP contribution in [0.15, 0.2) is 48.7 Å². The summed E-state index contributed by atoms with van der Waals surface area (Å²) in [5.74, 6) is 1.03. The van der Waals surface area contributed by atoms with E-state index in [1.165, 1.54) is 0 Å². The molecule has 0 spiro atoms. The number of ether oxygens (including phenoxy) is 1. The summed E-state index contributed by atoms with van der Waals surface area (Å²) in [5, 5.41) is 5.59. The third-order valence-electron chi connectivity index (χ3n) is 2.97. The summed E-state index contributed by atoms with van der Waals surface area (Å²) in [6.45, 7) is 3.96. The molecule has 1 aromatic carbocycles. The molecule has 5 nitrogen and oxygen atoms in total. The zero-order valence-electron chi connectivity index (χ0n) is 12.2. The molecule has 21 heavy (non-hydrogen) atoms. The third kappa shape index (κ3) is 4.49. The molecule has 0 saturated heterocycles. The van der Waals surface area contributed by atoms with Gasteiger partial charge in [0.1, 0.15) is 11.4 Å². The zero-order valence-corrected chi connectivity index (χ0v) is 12.2. The molecule has 0 bridgehead atoms. The first-order valence-corrected chi connectivity index (χ1v) is 6.94. The van der Waals surface area contributed by atoms with Gasteiger partial charge in [0.2, 0.25) is 5.88 Å². The highest BCUT2D eigenvalue weighted by molar-refractivity contribution is 5.90. The van der Waals surface area contributed by atoms with E-state index in [0.717, 1.165) is 6.42 Å². The molecule has 0 aliphatic rings. The summed E-state index contributed by atoms with van der Waals surface area (Å²) in [6, 6.07) is 12.7. The van der Waals surface area contributed by atoms with Crippen molar-refractivity contribution in [1.82, 2.24) is 10.3 Å². The number of rotatable bonds is 5. The predicted molar refractivity (Wildman–Crippen MR) is 82.7 cm³/mol. The number of carbonyl (C=O) groups is 1. The molecule has 2 aromatic rings. The van der Waals surface area contributed by atoms with E-state index in [-0.39, 0.29) is 12.1 Å². The molecule has 0 radical (unpaired) electrons. The van der Waals surface area contributed by atoms with E-state index >= 15 is 0 Å². The minimum Gasteiger partial charge on any atom is -0.437 e. The van der Waals surface area contributed by atoms with Gasteiger partial charge in [0.25, 0.3) is 0 Å². The Hall–Kier alpha value is -2.56. The van der Waals surface area contributed by atoms with E-state index < -0.39 is 0 Å². The summed E-state index contributed by atoms with van der Waals surface area (Å²) < 4.78 is 5.69. The second kappa shape index (κ2) is 7.28. The van der Waals surface area contributed by atoms with E-state index in [9.17, 15) is 4.79 Å². The molecule has 2 rings (SSSR count). The Morgan fingerprint density at radius 1 is 1.24 bits per heavy atom. The van der Waals surface area contributed by atoms with E-state index in [0.29, 0.717) is 17.3 Å². The third-order valence-corrected chi connectivity index (χ3v) is 2.97. The highest BCUT2D eigenvalue weighted by atomic mass is 16.5. The van der Waals surface area contributed by atoms with Gasteiger partial charge in [0, 0.05) is 12.2 Å². The Balaban J connectivity index is 2.08. The summed E-state index contributed by atoms with van der Waals surface area (Å²) in [6.07, 6.45) is 2.49. The lowest BCUT2D eigenvalue weighted by atomic mass is 10.3. The zero-order chi connectivity index (χ0) is 15.1. The molecular formula is C16H19N3O2. The van der Waals surface area contributed by atoms with Gasteiger partial charge in [0.15, 0.2) is 0 Å². The number of urea groups is 1. The Bertz CT molecular complexity index is 587. The number of anilines is 1. The van der Waals surface area contributed by atoms with Crippen molar-refractivity contribution in [2.24, 2.45) is 0 Å². The van der Waals surface area contributed by atoms with Crippen LogP contribution in [-0.4, -0.2) is 17.1 Å². The fourth-order valence-electron chi connectivity index (χ4n) is 1.65. The smallest absolute Gasteiger partial charge is 0.319 e. The molecule has 0 saturated carbocycles. The number of nitrogens with zero attached hydrogens (tertiary/aromatic N) is 1. The second-order valence-electron chi connectivity index (χ2n) is 4.68. The van der Waals surface area contributed by atoms with Crippen LogP contribution in [0.4, 0.5) is 10.5 Å². The monoisotopic (exact) mass is 285 g/mol. The molecule has 1 aromatic heterocycles. The summed E-state index contributed by atoms with van der Waals surface area (Å²) in [4.78, 5) is 16.0. The van der Waals surface area contributed by atoms with Crippen LogP contribution in [0.1, 0.15) is 20.3 Å². The van der Waals surface area contributed by atoms with Gasteiger partial charge in [-0.05, 0) is 37.6 Å². The molecule has 0 aliphatic carbocycles. The average Bonchev–Trinajstić information content (AvgIpc) is 2.50. The number of aromatic nitrogens is 1. The van der Waals surface area contributed by atoms with Crippen molar-refractivity contribution in [2.75, 3.05) is 5.32 Å². The van der Waals surface area contributed by atoms with Crippen molar-refractivity contribution in [3.8, 4) is 11.6 Å². The normalized spacial score (nSPS) is 11.5. The average molecular weight is 285 g/mol. The standard InChI is InChI=1S/C16H19N3O2/c1-3-12(2)18-16(20)19-14-10-7-11-17-15(14)21-13-8-5-4-6-9-13/h4-12H,3H2,1-2H3,(H2,18,19,20)/t12-/m1/s1. The largest absolute Gasteiger partial charge is 0.437 e. The summed E-state index contributed by atoms with van der Waals surface area (Å²) >= 11 is 0. The van der Waals surface area contributed by atoms with Gasteiger partial charge in [0.05, 0.1) is 0 Å². The van der Waals surface area contributed by atoms with E-state index in [4.69, 9.17) is 4.74 Å². The van der Waals surface area contributed by atoms with Crippen LogP contribution in [0.2, 0.25) is 0 Å². The predicted octanol–water partition coefficient (Wildman–Crippen LogP) is 3.79. The van der Waals surface area contributed by atoms with Gasteiger partial charge in [-0.1, -0.05) is 25.1 Å². The number of benzene rings is 1. The summed E-state index contributed by atoms with van der Waals surface area (Å²) in [7, 11) is 0. The van der Waals surface area contributed by atoms with Crippen LogP contribution in [0.5, 0.6) is 11.6 Å². The van der Waals surface area contributed by atoms with E-state index in [1.807, 2.05) is 44.2 Å². The van der Waals surface area contributed by atoms with Crippen LogP contribution >= 0.6 is 0 Å². The van der Waals surface area contributed by atoms with Crippen LogP contribution in [0, 0.1) is 0 Å². The maximum Gasteiger partial charge on any atom is 0.319 e. The fourth-order valence-corrected chi connectivity index (χ4v) is 1.65. The molecule has 1 atom stereocenters. The number of hydrogen-bond donors (Lipinski definition) is 2. The fraction of sp³-hybridized carbons (Fsp3) is 0.250. The van der Waals surface area contributed by atoms with E-state index in [2.05, 4.69) is 15.6 Å². The Labute approximate surface area is 124 Å². The van der Waals surface area contributed by atoms with Crippen LogP contribution in [-0.2, 0) is 0 Å². The van der Waals surface area contributed by atoms with Crippen molar-refractivity contribution < 1.29 is 9.53 Å². The lowest BCUT2D eigenvalue weighted by Gasteiger charge is -2.14. The van der Waals surface area contributed by atoms with Gasteiger partial charge >= 0.3 is 6.03 Å². The first-order chi connectivity index (χ1) is 10.2. The number of carbonyl (C=O) groups excluding carboxylic acids is 1.